The Kier molecular flexibility index (Phi) is 4.99. The fourth-order valence-corrected chi connectivity index (χ4v) is 2.29. The average Bonchev–Trinajstić information content (AvgIpc) is 2.32. The molecule has 4 nitrogen and oxygen atoms in total. The van der Waals surface area contributed by atoms with Crippen molar-refractivity contribution in [1.29, 1.82) is 0 Å². The van der Waals surface area contributed by atoms with Gasteiger partial charge in [0.1, 0.15) is 12.1 Å². The molecule has 1 heterocycles. The third kappa shape index (κ3) is 3.48. The normalized spacial score (nSPS) is 26.3. The van der Waals surface area contributed by atoms with E-state index in [-0.39, 0.29) is 29.3 Å². The van der Waals surface area contributed by atoms with Gasteiger partial charge in [-0.25, -0.2) is 0 Å². The molecule has 0 saturated carbocycles. The number of carbonyl (C=O) groups is 2. The van der Waals surface area contributed by atoms with Crippen LogP contribution in [0, 0.1) is 11.3 Å². The van der Waals surface area contributed by atoms with E-state index in [4.69, 9.17) is 0 Å². The second kappa shape index (κ2) is 5.93. The van der Waals surface area contributed by atoms with Gasteiger partial charge in [-0.2, -0.15) is 0 Å². The van der Waals surface area contributed by atoms with Crippen LogP contribution in [0.3, 0.4) is 0 Å². The van der Waals surface area contributed by atoms with Gasteiger partial charge in [-0.1, -0.05) is 41.5 Å². The van der Waals surface area contributed by atoms with E-state index < -0.39 is 0 Å². The van der Waals surface area contributed by atoms with Crippen molar-refractivity contribution in [1.82, 2.24) is 10.2 Å². The molecule has 1 saturated heterocycles. The second-order valence-electron chi connectivity index (χ2n) is 6.65. The molecule has 19 heavy (non-hydrogen) atoms. The molecule has 4 heteroatoms. The average molecular weight is 268 g/mol. The summed E-state index contributed by atoms with van der Waals surface area (Å²) in [6, 6.07) is -0.650. The van der Waals surface area contributed by atoms with Crippen LogP contribution in [0.1, 0.15) is 54.4 Å². The standard InChI is InChI=1S/C15H28N2O2/c1-7-11-14(19)17(9-10(3)15(4,5)6)12(8-2)13(18)16-11/h10-12H,7-9H2,1-6H3,(H,16,18). The topological polar surface area (TPSA) is 49.4 Å². The predicted molar refractivity (Wildman–Crippen MR) is 76.6 cm³/mol. The zero-order valence-corrected chi connectivity index (χ0v) is 13.1. The third-order valence-corrected chi connectivity index (χ3v) is 4.32. The van der Waals surface area contributed by atoms with E-state index in [0.29, 0.717) is 25.3 Å². The predicted octanol–water partition coefficient (Wildman–Crippen LogP) is 2.18. The summed E-state index contributed by atoms with van der Waals surface area (Å²) in [5.74, 6) is 0.425. The highest BCUT2D eigenvalue weighted by Crippen LogP contribution is 2.28. The molecule has 3 unspecified atom stereocenters. The van der Waals surface area contributed by atoms with E-state index in [1.54, 1.807) is 4.90 Å². The molecule has 0 bridgehead atoms. The fraction of sp³-hybridized carbons (Fsp3) is 0.867. The molecule has 0 aromatic rings. The van der Waals surface area contributed by atoms with Gasteiger partial charge in [0.05, 0.1) is 0 Å². The number of carbonyl (C=O) groups excluding carboxylic acids is 2. The van der Waals surface area contributed by atoms with Gasteiger partial charge in [-0.05, 0) is 24.2 Å². The molecule has 0 aromatic heterocycles. The molecular formula is C15H28N2O2. The van der Waals surface area contributed by atoms with Crippen LogP contribution < -0.4 is 5.32 Å². The minimum atomic E-state index is -0.345. The summed E-state index contributed by atoms with van der Waals surface area (Å²) in [6.45, 7) is 13.2. The van der Waals surface area contributed by atoms with Gasteiger partial charge >= 0.3 is 0 Å². The summed E-state index contributed by atoms with van der Waals surface area (Å²) in [5.41, 5.74) is 0.133. The van der Waals surface area contributed by atoms with Crippen molar-refractivity contribution in [2.45, 2.75) is 66.5 Å². The number of piperazine rings is 1. The van der Waals surface area contributed by atoms with E-state index in [2.05, 4.69) is 33.0 Å². The van der Waals surface area contributed by atoms with Crippen molar-refractivity contribution < 1.29 is 9.59 Å². The molecule has 1 fully saturated rings. The molecule has 1 aliphatic rings. The van der Waals surface area contributed by atoms with E-state index >= 15 is 0 Å². The van der Waals surface area contributed by atoms with Crippen LogP contribution in [0.5, 0.6) is 0 Å². The molecule has 2 amide bonds. The maximum Gasteiger partial charge on any atom is 0.245 e. The molecule has 110 valence electrons. The zero-order valence-electron chi connectivity index (χ0n) is 13.1. The van der Waals surface area contributed by atoms with Gasteiger partial charge in [0.15, 0.2) is 0 Å². The lowest BCUT2D eigenvalue weighted by Gasteiger charge is -2.41. The highest BCUT2D eigenvalue weighted by Gasteiger charge is 2.40. The summed E-state index contributed by atoms with van der Waals surface area (Å²) < 4.78 is 0. The number of amides is 2. The summed E-state index contributed by atoms with van der Waals surface area (Å²) >= 11 is 0. The molecule has 0 aliphatic carbocycles. The lowest BCUT2D eigenvalue weighted by molar-refractivity contribution is -0.150. The molecular weight excluding hydrogens is 240 g/mol. The second-order valence-corrected chi connectivity index (χ2v) is 6.65. The molecule has 0 radical (unpaired) electrons. The van der Waals surface area contributed by atoms with E-state index in [1.807, 2.05) is 13.8 Å². The lowest BCUT2D eigenvalue weighted by Crippen LogP contribution is -2.63. The Balaban J connectivity index is 2.91. The van der Waals surface area contributed by atoms with Gasteiger partial charge in [-0.3, -0.25) is 9.59 Å². The quantitative estimate of drug-likeness (QED) is 0.849. The molecule has 3 atom stereocenters. The number of hydrogen-bond acceptors (Lipinski definition) is 2. The van der Waals surface area contributed by atoms with Crippen molar-refractivity contribution in [3.8, 4) is 0 Å². The maximum absolute atomic E-state index is 12.4. The highest BCUT2D eigenvalue weighted by molar-refractivity contribution is 5.96. The fourth-order valence-electron chi connectivity index (χ4n) is 2.29. The number of hydrogen-bond donors (Lipinski definition) is 1. The molecule has 1 N–H and O–H groups in total. The Bertz CT molecular complexity index is 347. The van der Waals surface area contributed by atoms with Gasteiger partial charge < -0.3 is 10.2 Å². The Labute approximate surface area is 116 Å². The van der Waals surface area contributed by atoms with Gasteiger partial charge in [0, 0.05) is 6.54 Å². The molecule has 0 spiro atoms. The minimum absolute atomic E-state index is 0.00457. The number of nitrogens with zero attached hydrogens (tertiary/aromatic N) is 1. The van der Waals surface area contributed by atoms with Crippen molar-refractivity contribution in [3.05, 3.63) is 0 Å². The van der Waals surface area contributed by atoms with Crippen LogP contribution in [0.2, 0.25) is 0 Å². The van der Waals surface area contributed by atoms with Crippen LogP contribution in [0.25, 0.3) is 0 Å². The first kappa shape index (κ1) is 16.0. The summed E-state index contributed by atoms with van der Waals surface area (Å²) in [4.78, 5) is 26.3. The van der Waals surface area contributed by atoms with Crippen LogP contribution in [0.4, 0.5) is 0 Å². The monoisotopic (exact) mass is 268 g/mol. The summed E-state index contributed by atoms with van der Waals surface area (Å²) in [6.07, 6.45) is 1.33. The van der Waals surface area contributed by atoms with Gasteiger partial charge in [0.2, 0.25) is 11.8 Å². The van der Waals surface area contributed by atoms with Crippen molar-refractivity contribution in [3.63, 3.8) is 0 Å². The summed E-state index contributed by atoms with van der Waals surface area (Å²) in [7, 11) is 0. The molecule has 1 aliphatic heterocycles. The third-order valence-electron chi connectivity index (χ3n) is 4.32. The van der Waals surface area contributed by atoms with E-state index in [9.17, 15) is 9.59 Å². The Morgan fingerprint density at radius 2 is 1.79 bits per heavy atom. The largest absolute Gasteiger partial charge is 0.343 e. The lowest BCUT2D eigenvalue weighted by atomic mass is 9.81. The highest BCUT2D eigenvalue weighted by atomic mass is 16.2. The first-order valence-corrected chi connectivity index (χ1v) is 7.33. The van der Waals surface area contributed by atoms with Crippen LogP contribution in [-0.2, 0) is 9.59 Å². The van der Waals surface area contributed by atoms with Crippen LogP contribution in [0.15, 0.2) is 0 Å². The maximum atomic E-state index is 12.4. The van der Waals surface area contributed by atoms with Crippen LogP contribution in [-0.4, -0.2) is 35.3 Å². The summed E-state index contributed by atoms with van der Waals surface area (Å²) in [5, 5.41) is 2.83. The Morgan fingerprint density at radius 1 is 1.21 bits per heavy atom. The smallest absolute Gasteiger partial charge is 0.245 e. The number of nitrogens with one attached hydrogen (secondary N) is 1. The Morgan fingerprint density at radius 3 is 2.21 bits per heavy atom. The van der Waals surface area contributed by atoms with E-state index in [0.717, 1.165) is 0 Å². The van der Waals surface area contributed by atoms with Crippen molar-refractivity contribution >= 4 is 11.8 Å². The van der Waals surface area contributed by atoms with Crippen LogP contribution >= 0.6 is 0 Å². The van der Waals surface area contributed by atoms with E-state index in [1.165, 1.54) is 0 Å². The molecule has 1 rings (SSSR count). The van der Waals surface area contributed by atoms with Crippen molar-refractivity contribution in [2.24, 2.45) is 11.3 Å². The first-order chi connectivity index (χ1) is 8.72. The van der Waals surface area contributed by atoms with Gasteiger partial charge in [-0.15, -0.1) is 0 Å². The first-order valence-electron chi connectivity index (χ1n) is 7.33. The minimum Gasteiger partial charge on any atom is -0.343 e. The SMILES string of the molecule is CCC1NC(=O)C(CC)N(CC(C)C(C)(C)C)C1=O. The number of rotatable bonds is 4. The van der Waals surface area contributed by atoms with Crippen molar-refractivity contribution in [2.75, 3.05) is 6.54 Å². The van der Waals surface area contributed by atoms with Gasteiger partial charge in [0.25, 0.3) is 0 Å². The Hall–Kier alpha value is -1.06. The molecule has 0 aromatic carbocycles. The zero-order chi connectivity index (χ0) is 14.8.